The highest BCUT2D eigenvalue weighted by atomic mass is 31.2. The van der Waals surface area contributed by atoms with Crippen molar-refractivity contribution in [2.75, 3.05) is 119 Å². The molecule has 0 aliphatic rings. The van der Waals surface area contributed by atoms with E-state index in [1.807, 2.05) is 0 Å². The Morgan fingerprint density at radius 2 is 0.574 bits per heavy atom. The quantitative estimate of drug-likeness (QED) is 0.0356. The predicted octanol–water partition coefficient (Wildman–Crippen LogP) is -0.943. The average molecular weight is 714 g/mol. The monoisotopic (exact) mass is 713 g/mol. The van der Waals surface area contributed by atoms with Gasteiger partial charge in [-0.05, 0) is 41.5 Å². The van der Waals surface area contributed by atoms with Crippen LogP contribution >= 0.6 is 7.82 Å². The zero-order valence-electron chi connectivity index (χ0n) is 28.8. The van der Waals surface area contributed by atoms with Gasteiger partial charge in [0.25, 0.3) is 0 Å². The normalized spacial score (nSPS) is 13.5. The zero-order valence-corrected chi connectivity index (χ0v) is 29.7. The van der Waals surface area contributed by atoms with Crippen molar-refractivity contribution in [2.24, 2.45) is 0 Å². The molecule has 0 amide bonds. The Morgan fingerprint density at radius 1 is 0.404 bits per heavy atom. The maximum Gasteiger partial charge on any atom is 0.491 e. The van der Waals surface area contributed by atoms with Crippen molar-refractivity contribution in [3.05, 3.63) is 0 Å². The van der Waals surface area contributed by atoms with Crippen LogP contribution in [-0.4, -0.2) is 182 Å². The van der Waals surface area contributed by atoms with E-state index < -0.39 is 65.8 Å². The molecule has 0 spiro atoms. The van der Waals surface area contributed by atoms with Crippen LogP contribution in [0.25, 0.3) is 0 Å². The first-order valence-electron chi connectivity index (χ1n) is 16.0. The highest BCUT2D eigenvalue weighted by Gasteiger charge is 2.59. The van der Waals surface area contributed by atoms with E-state index in [1.54, 1.807) is 41.5 Å². The highest BCUT2D eigenvalue weighted by Crippen LogP contribution is 2.60. The molecule has 0 atom stereocenters. The second kappa shape index (κ2) is 25.5. The second-order valence-electron chi connectivity index (χ2n) is 9.19. The summed E-state index contributed by atoms with van der Waals surface area (Å²) in [7, 11) is -5.43. The molecular weight excluding hydrogens is 653 g/mol. The SMILES string of the molecule is CCOC(OCC)(OP(=O)(OC(OCC)(OCC)N(CCO)CCO)OC(OCC)(OCC)N(CCO)CCO)N(CCO)CCO. The number of ether oxygens (including phenoxy) is 6. The van der Waals surface area contributed by atoms with E-state index in [2.05, 4.69) is 0 Å². The van der Waals surface area contributed by atoms with Crippen LogP contribution in [0.15, 0.2) is 0 Å². The number of phosphoric ester groups is 1. The van der Waals surface area contributed by atoms with Gasteiger partial charge in [-0.2, -0.15) is 0 Å². The Kier molecular flexibility index (Phi) is 25.2. The summed E-state index contributed by atoms with van der Waals surface area (Å²) in [5, 5.41) is 59.3. The van der Waals surface area contributed by atoms with Crippen LogP contribution in [-0.2, 0) is 46.6 Å². The lowest BCUT2D eigenvalue weighted by Gasteiger charge is -2.47. The third-order valence-electron chi connectivity index (χ3n) is 6.02. The first-order valence-corrected chi connectivity index (χ1v) is 17.5. The first-order chi connectivity index (χ1) is 22.5. The van der Waals surface area contributed by atoms with Crippen molar-refractivity contribution in [3.8, 4) is 0 Å². The first kappa shape index (κ1) is 46.5. The van der Waals surface area contributed by atoms with E-state index in [1.165, 1.54) is 14.7 Å². The largest absolute Gasteiger partial charge is 0.491 e. The Labute approximate surface area is 278 Å². The van der Waals surface area contributed by atoms with Crippen LogP contribution in [0.1, 0.15) is 41.5 Å². The van der Waals surface area contributed by atoms with Crippen LogP contribution in [0, 0.1) is 0 Å². The summed E-state index contributed by atoms with van der Waals surface area (Å²) in [6.07, 6.45) is -7.39. The summed E-state index contributed by atoms with van der Waals surface area (Å²) >= 11 is 0. The van der Waals surface area contributed by atoms with Crippen LogP contribution in [0.2, 0.25) is 0 Å². The molecule has 0 saturated heterocycles. The van der Waals surface area contributed by atoms with Gasteiger partial charge in [-0.15, -0.1) is 0 Å². The van der Waals surface area contributed by atoms with Gasteiger partial charge >= 0.3 is 26.1 Å². The molecule has 0 aromatic rings. The summed E-state index contributed by atoms with van der Waals surface area (Å²) in [4.78, 5) is 3.64. The number of rotatable bonds is 33. The third-order valence-corrected chi connectivity index (χ3v) is 7.39. The minimum Gasteiger partial charge on any atom is -0.395 e. The fourth-order valence-corrected chi connectivity index (χ4v) is 6.08. The molecule has 0 unspecified atom stereocenters. The summed E-state index contributed by atoms with van der Waals surface area (Å²) in [5.74, 6) is 0. The molecule has 47 heavy (non-hydrogen) atoms. The van der Waals surface area contributed by atoms with Gasteiger partial charge in [0.05, 0.1) is 79.3 Å². The summed E-state index contributed by atoms with van der Waals surface area (Å²) < 4.78 is 69.2. The molecular formula is C27H60N3O16P. The number of hydrogen-bond acceptors (Lipinski definition) is 19. The smallest absolute Gasteiger partial charge is 0.395 e. The van der Waals surface area contributed by atoms with Gasteiger partial charge in [-0.25, -0.2) is 32.8 Å². The van der Waals surface area contributed by atoms with E-state index in [-0.39, 0.29) is 78.9 Å². The predicted molar refractivity (Wildman–Crippen MR) is 166 cm³/mol. The molecule has 6 N–H and O–H groups in total. The Balaban J connectivity index is 7.94. The molecule has 0 aromatic carbocycles. The lowest BCUT2D eigenvalue weighted by Crippen LogP contribution is -2.61. The van der Waals surface area contributed by atoms with Gasteiger partial charge in [0, 0.05) is 39.3 Å². The molecule has 19 nitrogen and oxygen atoms in total. The molecule has 0 saturated carbocycles. The Hall–Kier alpha value is -0.490. The number of hydrogen-bond donors (Lipinski definition) is 6. The average Bonchev–Trinajstić information content (AvgIpc) is 3.01. The summed E-state index contributed by atoms with van der Waals surface area (Å²) in [6, 6.07) is 0. The topological polar surface area (TPSA) is 231 Å². The van der Waals surface area contributed by atoms with Crippen molar-refractivity contribution in [1.29, 1.82) is 0 Å². The van der Waals surface area contributed by atoms with Crippen LogP contribution in [0.4, 0.5) is 0 Å². The summed E-state index contributed by atoms with van der Waals surface area (Å²) in [6.45, 7) is 4.74. The van der Waals surface area contributed by atoms with Gasteiger partial charge in [0.1, 0.15) is 0 Å². The van der Waals surface area contributed by atoms with Crippen molar-refractivity contribution < 1.29 is 77.2 Å². The second-order valence-corrected chi connectivity index (χ2v) is 10.6. The van der Waals surface area contributed by atoms with Gasteiger partial charge in [-0.3, -0.25) is 0 Å². The fraction of sp³-hybridized carbons (Fsp3) is 1.00. The standard InChI is InChI=1S/C27H60N3O16P/c1-7-38-25(39-8-2,28(13-19-31)14-20-32)44-47(37,45-26(40-9-3,41-10-4)29(15-21-33)16-22-34)46-27(42-11-5,43-12-6)30(17-23-35)18-24-36/h31-36H,7-24H2,1-6H3. The van der Waals surface area contributed by atoms with E-state index >= 15 is 4.57 Å². The number of aliphatic hydroxyl groups excluding tert-OH is 6. The van der Waals surface area contributed by atoms with Crippen molar-refractivity contribution in [2.45, 2.75) is 59.8 Å². The molecule has 0 aliphatic heterocycles. The van der Waals surface area contributed by atoms with Crippen molar-refractivity contribution >= 4 is 7.82 Å². The van der Waals surface area contributed by atoms with Crippen molar-refractivity contribution in [3.63, 3.8) is 0 Å². The molecule has 0 rings (SSSR count). The van der Waals surface area contributed by atoms with E-state index in [0.717, 1.165) is 0 Å². The van der Waals surface area contributed by atoms with Crippen LogP contribution in [0.5, 0.6) is 0 Å². The lowest BCUT2D eigenvalue weighted by atomic mass is 10.5. The van der Waals surface area contributed by atoms with Crippen LogP contribution < -0.4 is 0 Å². The minimum atomic E-state index is -5.43. The third kappa shape index (κ3) is 14.3. The molecule has 0 radical (unpaired) electrons. The highest BCUT2D eigenvalue weighted by molar-refractivity contribution is 7.48. The van der Waals surface area contributed by atoms with Crippen molar-refractivity contribution in [1.82, 2.24) is 14.7 Å². The molecule has 0 aliphatic carbocycles. The van der Waals surface area contributed by atoms with Crippen LogP contribution in [0.3, 0.4) is 0 Å². The maximum absolute atomic E-state index is 15.4. The van der Waals surface area contributed by atoms with Gasteiger partial charge in [0.15, 0.2) is 0 Å². The van der Waals surface area contributed by atoms with Gasteiger partial charge in [-0.1, -0.05) is 0 Å². The molecule has 284 valence electrons. The Bertz CT molecular complexity index is 684. The van der Waals surface area contributed by atoms with Gasteiger partial charge < -0.3 is 59.1 Å². The van der Waals surface area contributed by atoms with E-state index in [9.17, 15) is 30.6 Å². The molecule has 0 aromatic heterocycles. The number of nitrogens with zero attached hydrogens (tertiary/aromatic N) is 3. The number of phosphoric acid groups is 1. The zero-order chi connectivity index (χ0) is 35.8. The molecule has 0 heterocycles. The lowest BCUT2D eigenvalue weighted by molar-refractivity contribution is -0.460. The Morgan fingerprint density at radius 3 is 0.702 bits per heavy atom. The summed E-state index contributed by atoms with van der Waals surface area (Å²) in [5.41, 5.74) is 0. The van der Waals surface area contributed by atoms with E-state index in [0.29, 0.717) is 0 Å². The van der Waals surface area contributed by atoms with E-state index in [4.69, 9.17) is 42.0 Å². The maximum atomic E-state index is 15.4. The molecule has 0 fully saturated rings. The molecule has 0 bridgehead atoms. The number of aliphatic hydroxyl groups is 6. The molecule has 20 heteroatoms. The van der Waals surface area contributed by atoms with Gasteiger partial charge in [0.2, 0.25) is 0 Å². The fourth-order valence-electron chi connectivity index (χ4n) is 4.46. The minimum absolute atomic E-state index is 0.111.